The summed E-state index contributed by atoms with van der Waals surface area (Å²) < 4.78 is 5.77. The van der Waals surface area contributed by atoms with Gasteiger partial charge in [-0.2, -0.15) is 0 Å². The second-order valence-corrected chi connectivity index (χ2v) is 5.26. The van der Waals surface area contributed by atoms with Gasteiger partial charge in [-0.1, -0.05) is 18.2 Å². The van der Waals surface area contributed by atoms with Crippen molar-refractivity contribution in [3.05, 3.63) is 78.6 Å². The van der Waals surface area contributed by atoms with Crippen LogP contribution in [0.2, 0.25) is 0 Å². The fourth-order valence-electron chi connectivity index (χ4n) is 2.43. The van der Waals surface area contributed by atoms with Gasteiger partial charge >= 0.3 is 0 Å². The number of rotatable bonds is 3. The molecule has 5 nitrogen and oxygen atoms in total. The fraction of sp³-hybridized carbons (Fsp3) is 0. The molecule has 0 aliphatic rings. The van der Waals surface area contributed by atoms with Crippen molar-refractivity contribution in [3.8, 4) is 11.5 Å². The molecule has 0 aliphatic carbocycles. The highest BCUT2D eigenvalue weighted by Gasteiger charge is 2.10. The van der Waals surface area contributed by atoms with Crippen molar-refractivity contribution in [2.75, 3.05) is 5.32 Å². The van der Waals surface area contributed by atoms with Gasteiger partial charge in [0, 0.05) is 29.2 Å². The van der Waals surface area contributed by atoms with Crippen LogP contribution in [0.25, 0.3) is 22.6 Å². The second kappa shape index (κ2) is 5.96. The number of para-hydroxylation sites is 2. The van der Waals surface area contributed by atoms with Crippen molar-refractivity contribution in [2.24, 2.45) is 0 Å². The monoisotopic (exact) mass is 315 g/mol. The van der Waals surface area contributed by atoms with E-state index in [9.17, 15) is 4.79 Å². The molecule has 0 bridgehead atoms. The van der Waals surface area contributed by atoms with Gasteiger partial charge in [0.1, 0.15) is 5.52 Å². The maximum atomic E-state index is 12.2. The zero-order valence-corrected chi connectivity index (χ0v) is 12.6. The van der Waals surface area contributed by atoms with E-state index in [2.05, 4.69) is 15.3 Å². The molecule has 4 rings (SSSR count). The Bertz CT molecular complexity index is 976. The summed E-state index contributed by atoms with van der Waals surface area (Å²) in [6.45, 7) is 0. The zero-order valence-electron chi connectivity index (χ0n) is 12.6. The minimum atomic E-state index is -0.188. The van der Waals surface area contributed by atoms with Gasteiger partial charge in [-0.25, -0.2) is 4.98 Å². The summed E-state index contributed by atoms with van der Waals surface area (Å²) in [5.41, 5.74) is 3.57. The number of hydrogen-bond donors (Lipinski definition) is 1. The molecule has 0 radical (unpaired) electrons. The molecule has 5 heteroatoms. The number of carbonyl (C=O) groups excluding carboxylic acids is 1. The van der Waals surface area contributed by atoms with E-state index in [1.807, 2.05) is 48.5 Å². The van der Waals surface area contributed by atoms with Crippen molar-refractivity contribution in [3.63, 3.8) is 0 Å². The fourth-order valence-corrected chi connectivity index (χ4v) is 2.43. The number of amides is 1. The molecule has 2 heterocycles. The van der Waals surface area contributed by atoms with Crippen molar-refractivity contribution >= 4 is 22.7 Å². The van der Waals surface area contributed by atoms with Crippen LogP contribution in [0.5, 0.6) is 0 Å². The highest BCUT2D eigenvalue weighted by molar-refractivity contribution is 6.04. The molecule has 0 spiro atoms. The molecular formula is C19H13N3O2. The van der Waals surface area contributed by atoms with Crippen LogP contribution < -0.4 is 5.32 Å². The zero-order chi connectivity index (χ0) is 16.4. The molecule has 2 aromatic carbocycles. The molecule has 4 aromatic rings. The SMILES string of the molecule is O=C(Nc1cccc(-c2nc3ccccc3o2)c1)c1ccncc1. The maximum absolute atomic E-state index is 12.2. The molecule has 0 saturated carbocycles. The number of nitrogens with zero attached hydrogens (tertiary/aromatic N) is 2. The van der Waals surface area contributed by atoms with Crippen LogP contribution in [0.3, 0.4) is 0 Å². The summed E-state index contributed by atoms with van der Waals surface area (Å²) in [6.07, 6.45) is 3.17. The lowest BCUT2D eigenvalue weighted by atomic mass is 10.2. The third kappa shape index (κ3) is 2.75. The molecule has 2 aromatic heterocycles. The Labute approximate surface area is 138 Å². The Morgan fingerprint density at radius 2 is 1.79 bits per heavy atom. The summed E-state index contributed by atoms with van der Waals surface area (Å²) in [6, 6.07) is 18.3. The van der Waals surface area contributed by atoms with Crippen molar-refractivity contribution in [1.82, 2.24) is 9.97 Å². The lowest BCUT2D eigenvalue weighted by molar-refractivity contribution is 0.102. The lowest BCUT2D eigenvalue weighted by Gasteiger charge is -2.06. The highest BCUT2D eigenvalue weighted by Crippen LogP contribution is 2.26. The molecule has 24 heavy (non-hydrogen) atoms. The van der Waals surface area contributed by atoms with Crippen LogP contribution in [-0.4, -0.2) is 15.9 Å². The van der Waals surface area contributed by atoms with E-state index >= 15 is 0 Å². The molecule has 0 fully saturated rings. The summed E-state index contributed by atoms with van der Waals surface area (Å²) in [7, 11) is 0. The van der Waals surface area contributed by atoms with Crippen LogP contribution in [0.4, 0.5) is 5.69 Å². The van der Waals surface area contributed by atoms with E-state index in [-0.39, 0.29) is 5.91 Å². The van der Waals surface area contributed by atoms with E-state index in [0.29, 0.717) is 17.1 Å². The predicted octanol–water partition coefficient (Wildman–Crippen LogP) is 4.14. The Balaban J connectivity index is 1.63. The molecule has 1 amide bonds. The number of oxazole rings is 1. The van der Waals surface area contributed by atoms with Crippen LogP contribution in [-0.2, 0) is 0 Å². The standard InChI is InChI=1S/C19H13N3O2/c23-18(13-8-10-20-11-9-13)21-15-5-3-4-14(12-15)19-22-16-6-1-2-7-17(16)24-19/h1-12H,(H,21,23). The maximum Gasteiger partial charge on any atom is 0.255 e. The van der Waals surface area contributed by atoms with Gasteiger partial charge in [0.15, 0.2) is 5.58 Å². The number of aromatic nitrogens is 2. The van der Waals surface area contributed by atoms with Crippen molar-refractivity contribution < 1.29 is 9.21 Å². The van der Waals surface area contributed by atoms with E-state index in [1.54, 1.807) is 24.5 Å². The van der Waals surface area contributed by atoms with Crippen LogP contribution in [0.15, 0.2) is 77.5 Å². The average molecular weight is 315 g/mol. The normalized spacial score (nSPS) is 10.7. The number of carbonyl (C=O) groups is 1. The van der Waals surface area contributed by atoms with Crippen molar-refractivity contribution in [2.45, 2.75) is 0 Å². The molecule has 0 unspecified atom stereocenters. The van der Waals surface area contributed by atoms with Gasteiger partial charge in [0.25, 0.3) is 5.91 Å². The van der Waals surface area contributed by atoms with Crippen LogP contribution in [0.1, 0.15) is 10.4 Å². The smallest absolute Gasteiger partial charge is 0.255 e. The largest absolute Gasteiger partial charge is 0.436 e. The quantitative estimate of drug-likeness (QED) is 0.617. The minimum Gasteiger partial charge on any atom is -0.436 e. The Kier molecular flexibility index (Phi) is 3.51. The first kappa shape index (κ1) is 14.1. The topological polar surface area (TPSA) is 68.0 Å². The average Bonchev–Trinajstić information content (AvgIpc) is 3.07. The van der Waals surface area contributed by atoms with E-state index in [1.165, 1.54) is 0 Å². The number of hydrogen-bond acceptors (Lipinski definition) is 4. The third-order valence-electron chi connectivity index (χ3n) is 3.60. The van der Waals surface area contributed by atoms with Gasteiger partial charge < -0.3 is 9.73 Å². The second-order valence-electron chi connectivity index (χ2n) is 5.26. The number of pyridine rings is 1. The number of benzene rings is 2. The van der Waals surface area contributed by atoms with Crippen molar-refractivity contribution in [1.29, 1.82) is 0 Å². The molecule has 116 valence electrons. The summed E-state index contributed by atoms with van der Waals surface area (Å²) >= 11 is 0. The first-order valence-corrected chi connectivity index (χ1v) is 7.47. The van der Waals surface area contributed by atoms with E-state index < -0.39 is 0 Å². The summed E-state index contributed by atoms with van der Waals surface area (Å²) in [5, 5.41) is 2.87. The summed E-state index contributed by atoms with van der Waals surface area (Å²) in [4.78, 5) is 20.6. The molecule has 0 saturated heterocycles. The van der Waals surface area contributed by atoms with Gasteiger partial charge in [-0.15, -0.1) is 0 Å². The van der Waals surface area contributed by atoms with Crippen LogP contribution >= 0.6 is 0 Å². The number of anilines is 1. The van der Waals surface area contributed by atoms with Gasteiger partial charge in [-0.3, -0.25) is 9.78 Å². The lowest BCUT2D eigenvalue weighted by Crippen LogP contribution is -2.11. The predicted molar refractivity (Wildman–Crippen MR) is 91.6 cm³/mol. The van der Waals surface area contributed by atoms with Gasteiger partial charge in [-0.05, 0) is 42.5 Å². The Morgan fingerprint density at radius 3 is 2.62 bits per heavy atom. The van der Waals surface area contributed by atoms with E-state index in [0.717, 1.165) is 16.7 Å². The van der Waals surface area contributed by atoms with Gasteiger partial charge in [0.05, 0.1) is 0 Å². The first-order valence-electron chi connectivity index (χ1n) is 7.47. The Morgan fingerprint density at radius 1 is 0.958 bits per heavy atom. The van der Waals surface area contributed by atoms with Crippen LogP contribution in [0, 0.1) is 0 Å². The Hall–Kier alpha value is -3.47. The minimum absolute atomic E-state index is 0.188. The highest BCUT2D eigenvalue weighted by atomic mass is 16.3. The summed E-state index contributed by atoms with van der Waals surface area (Å²) in [5.74, 6) is 0.336. The van der Waals surface area contributed by atoms with E-state index in [4.69, 9.17) is 4.42 Å². The molecular weight excluding hydrogens is 302 g/mol. The number of nitrogens with one attached hydrogen (secondary N) is 1. The molecule has 0 atom stereocenters. The first-order chi connectivity index (χ1) is 11.8. The molecule has 1 N–H and O–H groups in total. The molecule has 0 aliphatic heterocycles. The van der Waals surface area contributed by atoms with Gasteiger partial charge in [0.2, 0.25) is 5.89 Å². The number of fused-ring (bicyclic) bond motifs is 1. The third-order valence-corrected chi connectivity index (χ3v) is 3.60.